The predicted octanol–water partition coefficient (Wildman–Crippen LogP) is -0.101. The van der Waals surface area contributed by atoms with Gasteiger partial charge in [-0.05, 0) is 0 Å². The van der Waals surface area contributed by atoms with Gasteiger partial charge in [0.25, 0.3) is 6.29 Å². The van der Waals surface area contributed by atoms with Gasteiger partial charge in [0.1, 0.15) is 0 Å². The van der Waals surface area contributed by atoms with Gasteiger partial charge in [-0.1, -0.05) is 0 Å². The van der Waals surface area contributed by atoms with Gasteiger partial charge in [0, 0.05) is 26.8 Å². The Hall–Kier alpha value is -2.64. The van der Waals surface area contributed by atoms with Gasteiger partial charge in [-0.3, -0.25) is 14.4 Å². The van der Waals surface area contributed by atoms with Crippen molar-refractivity contribution in [2.45, 2.75) is 27.1 Å². The lowest BCUT2D eigenvalue weighted by atomic mass is 10.3. The highest BCUT2D eigenvalue weighted by atomic mass is 16.7. The van der Waals surface area contributed by atoms with Crippen LogP contribution in [0.25, 0.3) is 0 Å². The first kappa shape index (κ1) is 15.4. The van der Waals surface area contributed by atoms with Gasteiger partial charge in [0.2, 0.25) is 5.91 Å². The Balaban J connectivity index is 2.94. The molecule has 0 saturated carbocycles. The van der Waals surface area contributed by atoms with Crippen LogP contribution in [0.1, 0.15) is 20.8 Å². The third-order valence-electron chi connectivity index (χ3n) is 1.90. The van der Waals surface area contributed by atoms with Gasteiger partial charge in [-0.15, -0.1) is 0 Å². The number of amides is 1. The number of hydrogen-bond acceptors (Lipinski definition) is 7. The van der Waals surface area contributed by atoms with Crippen LogP contribution in [0.2, 0.25) is 0 Å². The van der Waals surface area contributed by atoms with Crippen LogP contribution in [0.15, 0.2) is 23.6 Å². The van der Waals surface area contributed by atoms with Gasteiger partial charge < -0.3 is 19.5 Å². The van der Waals surface area contributed by atoms with Crippen molar-refractivity contribution >= 4 is 23.8 Å². The quantitative estimate of drug-likeness (QED) is 0.567. The summed E-state index contributed by atoms with van der Waals surface area (Å²) in [7, 11) is 0. The normalized spacial score (nSPS) is 15.7. The minimum absolute atomic E-state index is 0.0716. The number of nitrogens with one attached hydrogen (secondary N) is 1. The zero-order chi connectivity index (χ0) is 15.3. The number of cyclic esters (lactones) is 1. The molecule has 0 aromatic heterocycles. The lowest BCUT2D eigenvalue weighted by Crippen LogP contribution is -2.23. The molecule has 0 aliphatic carbocycles. The molecule has 1 rings (SSSR count). The lowest BCUT2D eigenvalue weighted by molar-refractivity contribution is -0.176. The molecule has 1 aliphatic heterocycles. The number of hydrogen-bond donors (Lipinski definition) is 1. The maximum Gasteiger partial charge on any atom is 0.338 e. The molecule has 0 bridgehead atoms. The third-order valence-corrected chi connectivity index (χ3v) is 1.90. The first-order valence-electron chi connectivity index (χ1n) is 5.55. The maximum atomic E-state index is 11.2. The Morgan fingerprint density at radius 2 is 1.75 bits per heavy atom. The molecule has 0 fully saturated rings. The van der Waals surface area contributed by atoms with Crippen molar-refractivity contribution in [3.63, 3.8) is 0 Å². The van der Waals surface area contributed by atoms with Crippen molar-refractivity contribution in [2.24, 2.45) is 0 Å². The van der Waals surface area contributed by atoms with Crippen LogP contribution in [-0.4, -0.2) is 30.1 Å². The van der Waals surface area contributed by atoms with E-state index < -0.39 is 30.1 Å². The second-order valence-electron chi connectivity index (χ2n) is 3.78. The summed E-state index contributed by atoms with van der Waals surface area (Å²) in [6.45, 7) is 3.50. The molecule has 0 aromatic rings. The number of esters is 3. The van der Waals surface area contributed by atoms with Crippen molar-refractivity contribution in [1.29, 1.82) is 0 Å². The van der Waals surface area contributed by atoms with E-state index in [-0.39, 0.29) is 11.5 Å². The molecule has 0 atom stereocenters. The first-order valence-corrected chi connectivity index (χ1v) is 5.55. The maximum absolute atomic E-state index is 11.2. The number of carbonyl (C=O) groups excluding carboxylic acids is 4. The van der Waals surface area contributed by atoms with Crippen LogP contribution in [-0.2, 0) is 33.4 Å². The summed E-state index contributed by atoms with van der Waals surface area (Å²) in [5.74, 6) is -2.58. The highest BCUT2D eigenvalue weighted by molar-refractivity contribution is 5.90. The van der Waals surface area contributed by atoms with Crippen molar-refractivity contribution < 1.29 is 33.4 Å². The Bertz CT molecular complexity index is 502. The standard InChI is InChI=1S/C12H13NO7/c1-6(14)13-9-4-11(17)20-10(9)5-12(18-7(2)15)19-8(3)16/h4-5,12H,1-3H3,(H,13,14)/b10-5+. The van der Waals surface area contributed by atoms with E-state index in [1.54, 1.807) is 0 Å². The number of rotatable bonds is 4. The highest BCUT2D eigenvalue weighted by Crippen LogP contribution is 2.19. The smallest absolute Gasteiger partial charge is 0.338 e. The Morgan fingerprint density at radius 1 is 1.20 bits per heavy atom. The first-order chi connectivity index (χ1) is 9.27. The summed E-state index contributed by atoms with van der Waals surface area (Å²) in [4.78, 5) is 43.9. The molecule has 0 spiro atoms. The van der Waals surface area contributed by atoms with E-state index in [9.17, 15) is 19.2 Å². The van der Waals surface area contributed by atoms with Crippen molar-refractivity contribution in [1.82, 2.24) is 5.32 Å². The minimum Gasteiger partial charge on any atom is -0.421 e. The molecule has 8 heteroatoms. The van der Waals surface area contributed by atoms with Crippen LogP contribution in [0, 0.1) is 0 Å². The molecule has 0 saturated heterocycles. The van der Waals surface area contributed by atoms with Crippen molar-refractivity contribution in [2.75, 3.05) is 0 Å². The highest BCUT2D eigenvalue weighted by Gasteiger charge is 2.24. The van der Waals surface area contributed by atoms with Gasteiger partial charge in [0.05, 0.1) is 11.8 Å². The molecule has 8 nitrogen and oxygen atoms in total. The van der Waals surface area contributed by atoms with Gasteiger partial charge >= 0.3 is 17.9 Å². The summed E-state index contributed by atoms with van der Waals surface area (Å²) in [6.07, 6.45) is 0.782. The predicted molar refractivity (Wildman–Crippen MR) is 63.4 cm³/mol. The summed E-state index contributed by atoms with van der Waals surface area (Å²) >= 11 is 0. The molecule has 1 amide bonds. The molecule has 1 aliphatic rings. The topological polar surface area (TPSA) is 108 Å². The largest absolute Gasteiger partial charge is 0.421 e. The molecule has 0 radical (unpaired) electrons. The van der Waals surface area contributed by atoms with Gasteiger partial charge in [0.15, 0.2) is 5.76 Å². The zero-order valence-electron chi connectivity index (χ0n) is 11.1. The molecule has 0 unspecified atom stereocenters. The van der Waals surface area contributed by atoms with E-state index in [1.807, 2.05) is 0 Å². The van der Waals surface area contributed by atoms with Gasteiger partial charge in [-0.2, -0.15) is 0 Å². The van der Waals surface area contributed by atoms with Crippen molar-refractivity contribution in [3.05, 3.63) is 23.6 Å². The van der Waals surface area contributed by atoms with E-state index in [4.69, 9.17) is 14.2 Å². The van der Waals surface area contributed by atoms with E-state index in [0.29, 0.717) is 0 Å². The second kappa shape index (κ2) is 6.50. The average Bonchev–Trinajstić information content (AvgIpc) is 2.55. The molecule has 20 heavy (non-hydrogen) atoms. The Kier molecular flexibility index (Phi) is 5.01. The van der Waals surface area contributed by atoms with Crippen LogP contribution < -0.4 is 5.32 Å². The van der Waals surface area contributed by atoms with Gasteiger partial charge in [-0.25, -0.2) is 4.79 Å². The Morgan fingerprint density at radius 3 is 2.20 bits per heavy atom. The number of carbonyl (C=O) groups is 4. The van der Waals surface area contributed by atoms with Crippen LogP contribution >= 0.6 is 0 Å². The minimum atomic E-state index is -1.36. The number of ether oxygens (including phenoxy) is 3. The zero-order valence-corrected chi connectivity index (χ0v) is 11.1. The molecule has 1 heterocycles. The van der Waals surface area contributed by atoms with Crippen LogP contribution in [0.4, 0.5) is 0 Å². The summed E-state index contributed by atoms with van der Waals surface area (Å²) in [5, 5.41) is 2.36. The third kappa shape index (κ3) is 4.92. The molecule has 0 aromatic carbocycles. The van der Waals surface area contributed by atoms with E-state index in [1.165, 1.54) is 6.92 Å². The lowest BCUT2D eigenvalue weighted by Gasteiger charge is -2.14. The molecular formula is C12H13NO7. The SMILES string of the molecule is CC(=O)NC1=CC(=O)O/C1=C/C(OC(C)=O)OC(C)=O. The Labute approximate surface area is 114 Å². The van der Waals surface area contributed by atoms with Crippen molar-refractivity contribution in [3.8, 4) is 0 Å². The van der Waals surface area contributed by atoms with Crippen LogP contribution in [0.5, 0.6) is 0 Å². The van der Waals surface area contributed by atoms with E-state index in [0.717, 1.165) is 26.0 Å². The fourth-order valence-electron chi connectivity index (χ4n) is 1.34. The molecule has 1 N–H and O–H groups in total. The van der Waals surface area contributed by atoms with E-state index in [2.05, 4.69) is 5.32 Å². The molecule has 108 valence electrons. The monoisotopic (exact) mass is 283 g/mol. The summed E-state index contributed by atoms with van der Waals surface area (Å²) in [5.41, 5.74) is 0.0896. The van der Waals surface area contributed by atoms with E-state index >= 15 is 0 Å². The molecular weight excluding hydrogens is 270 g/mol. The fourth-order valence-corrected chi connectivity index (χ4v) is 1.34. The summed E-state index contributed by atoms with van der Waals surface area (Å²) < 4.78 is 14.2. The summed E-state index contributed by atoms with van der Waals surface area (Å²) in [6, 6.07) is 0. The fraction of sp³-hybridized carbons (Fsp3) is 0.333. The van der Waals surface area contributed by atoms with Crippen LogP contribution in [0.3, 0.4) is 0 Å². The second-order valence-corrected chi connectivity index (χ2v) is 3.78. The average molecular weight is 283 g/mol.